The number of rotatable bonds is 6. The smallest absolute Gasteiger partial charge is 0.312 e. The summed E-state index contributed by atoms with van der Waals surface area (Å²) in [6.45, 7) is 10.4. The molecule has 0 spiro atoms. The van der Waals surface area contributed by atoms with Crippen molar-refractivity contribution in [3.63, 3.8) is 0 Å². The summed E-state index contributed by atoms with van der Waals surface area (Å²) in [6.07, 6.45) is 0.815. The van der Waals surface area contributed by atoms with E-state index in [0.717, 1.165) is 26.1 Å². The zero-order chi connectivity index (χ0) is 18.4. The predicted molar refractivity (Wildman–Crippen MR) is 98.1 cm³/mol. The van der Waals surface area contributed by atoms with Crippen molar-refractivity contribution >= 4 is 11.9 Å². The molecule has 6 nitrogen and oxygen atoms in total. The van der Waals surface area contributed by atoms with Crippen molar-refractivity contribution in [3.8, 4) is 0 Å². The maximum absolute atomic E-state index is 12.8. The standard InChI is InChI=1S/C19H30N4O2/c1-4-14(2)17(21-19(20)25)18(24)23-11-9-22(10-12-23)13-16-8-6-5-7-15(16)3/h5-8,14,17H,4,9-13H2,1-3H3,(H3,20,21,25)/p+1/t14-,17-/m0/s1. The molecular formula is C19H31N4O2+. The van der Waals surface area contributed by atoms with E-state index in [4.69, 9.17) is 5.73 Å². The molecule has 1 aliphatic heterocycles. The molecule has 0 radical (unpaired) electrons. The molecule has 0 bridgehead atoms. The molecule has 25 heavy (non-hydrogen) atoms. The highest BCUT2D eigenvalue weighted by Crippen LogP contribution is 2.11. The Morgan fingerprint density at radius 1 is 1.28 bits per heavy atom. The van der Waals surface area contributed by atoms with Crippen LogP contribution >= 0.6 is 0 Å². The number of benzene rings is 1. The number of amides is 3. The normalized spacial score (nSPS) is 17.8. The number of hydrogen-bond donors (Lipinski definition) is 3. The minimum atomic E-state index is -0.637. The van der Waals surface area contributed by atoms with Gasteiger partial charge in [-0.3, -0.25) is 4.79 Å². The summed E-state index contributed by atoms with van der Waals surface area (Å²) in [7, 11) is 0. The fraction of sp³-hybridized carbons (Fsp3) is 0.579. The second kappa shape index (κ2) is 8.85. The number of piperazine rings is 1. The topological polar surface area (TPSA) is 79.9 Å². The number of urea groups is 1. The SMILES string of the molecule is CC[C@H](C)[C@H](NC(N)=O)C(=O)N1CC[NH+](Cc2ccccc2C)CC1. The molecule has 0 unspecified atom stereocenters. The lowest BCUT2D eigenvalue weighted by molar-refractivity contribution is -0.917. The van der Waals surface area contributed by atoms with E-state index in [1.807, 2.05) is 18.7 Å². The first kappa shape index (κ1) is 19.2. The van der Waals surface area contributed by atoms with Gasteiger partial charge in [-0.15, -0.1) is 0 Å². The van der Waals surface area contributed by atoms with Crippen LogP contribution in [-0.2, 0) is 11.3 Å². The summed E-state index contributed by atoms with van der Waals surface area (Å²) >= 11 is 0. The van der Waals surface area contributed by atoms with E-state index in [0.29, 0.717) is 13.1 Å². The Labute approximate surface area is 150 Å². The summed E-state index contributed by atoms with van der Waals surface area (Å²) < 4.78 is 0. The van der Waals surface area contributed by atoms with Crippen LogP contribution in [0.2, 0.25) is 0 Å². The number of nitrogens with one attached hydrogen (secondary N) is 2. The Morgan fingerprint density at radius 2 is 1.92 bits per heavy atom. The van der Waals surface area contributed by atoms with Crippen LogP contribution in [-0.4, -0.2) is 49.1 Å². The van der Waals surface area contributed by atoms with E-state index in [1.165, 1.54) is 16.0 Å². The number of nitrogens with zero attached hydrogens (tertiary/aromatic N) is 1. The lowest BCUT2D eigenvalue weighted by atomic mass is 9.97. The van der Waals surface area contributed by atoms with Crippen molar-refractivity contribution in [2.45, 2.75) is 39.8 Å². The van der Waals surface area contributed by atoms with Gasteiger partial charge in [0.15, 0.2) is 0 Å². The minimum Gasteiger partial charge on any atom is -0.352 e. The molecule has 0 saturated carbocycles. The van der Waals surface area contributed by atoms with Crippen molar-refractivity contribution in [2.24, 2.45) is 11.7 Å². The Balaban J connectivity index is 1.92. The van der Waals surface area contributed by atoms with E-state index in [1.54, 1.807) is 0 Å². The molecule has 2 atom stereocenters. The van der Waals surface area contributed by atoms with Crippen molar-refractivity contribution in [1.82, 2.24) is 10.2 Å². The van der Waals surface area contributed by atoms with Crippen LogP contribution < -0.4 is 16.0 Å². The Bertz CT molecular complexity index is 597. The molecule has 3 amide bonds. The summed E-state index contributed by atoms with van der Waals surface area (Å²) in [4.78, 5) is 27.4. The molecule has 0 aromatic heterocycles. The Kier molecular flexibility index (Phi) is 6.82. The van der Waals surface area contributed by atoms with Crippen molar-refractivity contribution < 1.29 is 14.5 Å². The maximum Gasteiger partial charge on any atom is 0.312 e. The molecule has 1 heterocycles. The zero-order valence-electron chi connectivity index (χ0n) is 15.5. The van der Waals surface area contributed by atoms with Gasteiger partial charge >= 0.3 is 6.03 Å². The molecule has 2 rings (SSSR count). The van der Waals surface area contributed by atoms with E-state index < -0.39 is 12.1 Å². The van der Waals surface area contributed by atoms with Crippen LogP contribution in [0.1, 0.15) is 31.4 Å². The Morgan fingerprint density at radius 3 is 2.48 bits per heavy atom. The first-order valence-electron chi connectivity index (χ1n) is 9.15. The van der Waals surface area contributed by atoms with E-state index in [2.05, 4.69) is 36.5 Å². The lowest BCUT2D eigenvalue weighted by Crippen LogP contribution is -3.13. The molecule has 0 aliphatic carbocycles. The third-order valence-corrected chi connectivity index (χ3v) is 5.26. The summed E-state index contributed by atoms with van der Waals surface area (Å²) in [5, 5.41) is 2.63. The van der Waals surface area contributed by atoms with Crippen LogP contribution in [0.3, 0.4) is 0 Å². The third kappa shape index (κ3) is 5.19. The Hall–Kier alpha value is -2.08. The average Bonchev–Trinajstić information content (AvgIpc) is 2.61. The zero-order valence-corrected chi connectivity index (χ0v) is 15.5. The second-order valence-electron chi connectivity index (χ2n) is 7.05. The monoisotopic (exact) mass is 347 g/mol. The average molecular weight is 347 g/mol. The van der Waals surface area contributed by atoms with Crippen molar-refractivity contribution in [1.29, 1.82) is 0 Å². The highest BCUT2D eigenvalue weighted by Gasteiger charge is 2.32. The second-order valence-corrected chi connectivity index (χ2v) is 7.05. The van der Waals surface area contributed by atoms with Gasteiger partial charge in [-0.2, -0.15) is 0 Å². The van der Waals surface area contributed by atoms with Crippen LogP contribution in [0, 0.1) is 12.8 Å². The fourth-order valence-electron chi connectivity index (χ4n) is 3.33. The molecule has 1 aromatic carbocycles. The maximum atomic E-state index is 12.8. The molecule has 1 aliphatic rings. The number of primary amides is 1. The van der Waals surface area contributed by atoms with Crippen LogP contribution in [0.4, 0.5) is 4.79 Å². The van der Waals surface area contributed by atoms with Gasteiger partial charge < -0.3 is 20.9 Å². The van der Waals surface area contributed by atoms with Gasteiger partial charge in [0, 0.05) is 5.56 Å². The number of carbonyl (C=O) groups is 2. The van der Waals surface area contributed by atoms with Crippen LogP contribution in [0.5, 0.6) is 0 Å². The van der Waals surface area contributed by atoms with Crippen LogP contribution in [0.25, 0.3) is 0 Å². The largest absolute Gasteiger partial charge is 0.352 e. The highest BCUT2D eigenvalue weighted by atomic mass is 16.2. The number of carbonyl (C=O) groups excluding carboxylic acids is 2. The predicted octanol–water partition coefficient (Wildman–Crippen LogP) is 0.305. The quantitative estimate of drug-likeness (QED) is 0.692. The summed E-state index contributed by atoms with van der Waals surface area (Å²) in [5.74, 6) is 0.0560. The summed E-state index contributed by atoms with van der Waals surface area (Å²) in [6, 6.07) is 7.29. The van der Waals surface area contributed by atoms with Gasteiger partial charge in [0.05, 0.1) is 26.2 Å². The van der Waals surface area contributed by atoms with Gasteiger partial charge in [0.25, 0.3) is 0 Å². The molecule has 1 saturated heterocycles. The molecule has 1 aromatic rings. The third-order valence-electron chi connectivity index (χ3n) is 5.26. The molecular weight excluding hydrogens is 316 g/mol. The van der Waals surface area contributed by atoms with Crippen molar-refractivity contribution in [2.75, 3.05) is 26.2 Å². The van der Waals surface area contributed by atoms with Crippen LogP contribution in [0.15, 0.2) is 24.3 Å². The van der Waals surface area contributed by atoms with Gasteiger partial charge in [-0.05, 0) is 18.4 Å². The number of aryl methyl sites for hydroxylation is 1. The summed E-state index contributed by atoms with van der Waals surface area (Å²) in [5.41, 5.74) is 7.93. The van der Waals surface area contributed by atoms with E-state index in [-0.39, 0.29) is 11.8 Å². The van der Waals surface area contributed by atoms with Gasteiger partial charge in [0.2, 0.25) is 5.91 Å². The van der Waals surface area contributed by atoms with Gasteiger partial charge in [0.1, 0.15) is 12.6 Å². The van der Waals surface area contributed by atoms with Gasteiger partial charge in [-0.25, -0.2) is 4.79 Å². The van der Waals surface area contributed by atoms with Crippen molar-refractivity contribution in [3.05, 3.63) is 35.4 Å². The number of nitrogens with two attached hydrogens (primary N) is 1. The van der Waals surface area contributed by atoms with E-state index >= 15 is 0 Å². The number of quaternary nitrogens is 1. The minimum absolute atomic E-state index is 0.0110. The molecule has 4 N–H and O–H groups in total. The first-order chi connectivity index (χ1) is 11.9. The molecule has 6 heteroatoms. The first-order valence-corrected chi connectivity index (χ1v) is 9.15. The van der Waals surface area contributed by atoms with E-state index in [9.17, 15) is 9.59 Å². The number of hydrogen-bond acceptors (Lipinski definition) is 2. The highest BCUT2D eigenvalue weighted by molar-refractivity contribution is 5.86. The van der Waals surface area contributed by atoms with Gasteiger partial charge in [-0.1, -0.05) is 44.5 Å². The molecule has 138 valence electrons. The molecule has 1 fully saturated rings. The lowest BCUT2D eigenvalue weighted by Gasteiger charge is -2.35. The fourth-order valence-corrected chi connectivity index (χ4v) is 3.33.